The van der Waals surface area contributed by atoms with Crippen LogP contribution in [0.2, 0.25) is 5.15 Å². The molecule has 8 heteroatoms. The monoisotopic (exact) mass is 344 g/mol. The third kappa shape index (κ3) is 7.19. The zero-order chi connectivity index (χ0) is 17.5. The van der Waals surface area contributed by atoms with Crippen molar-refractivity contribution in [1.29, 1.82) is 0 Å². The summed E-state index contributed by atoms with van der Waals surface area (Å²) in [5.41, 5.74) is -0.425. The van der Waals surface area contributed by atoms with Crippen LogP contribution in [-0.4, -0.2) is 42.4 Å². The molecule has 7 nitrogen and oxygen atoms in total. The first-order valence-electron chi connectivity index (χ1n) is 7.15. The lowest BCUT2D eigenvalue weighted by Gasteiger charge is -2.19. The molecule has 0 aliphatic carbocycles. The number of hydrogen-bond donors (Lipinski definition) is 1. The molecule has 0 bridgehead atoms. The highest BCUT2D eigenvalue weighted by Crippen LogP contribution is 2.20. The van der Waals surface area contributed by atoms with Gasteiger partial charge in [0.15, 0.2) is 0 Å². The predicted molar refractivity (Wildman–Crippen MR) is 84.9 cm³/mol. The van der Waals surface area contributed by atoms with Gasteiger partial charge in [-0.2, -0.15) is 0 Å². The van der Waals surface area contributed by atoms with Gasteiger partial charge in [0, 0.05) is 0 Å². The van der Waals surface area contributed by atoms with Gasteiger partial charge in [-0.05, 0) is 33.8 Å². The summed E-state index contributed by atoms with van der Waals surface area (Å²) < 4.78 is 15.4. The van der Waals surface area contributed by atoms with Crippen molar-refractivity contribution in [1.82, 2.24) is 10.3 Å². The van der Waals surface area contributed by atoms with E-state index in [1.165, 1.54) is 12.3 Å². The second-order valence-corrected chi connectivity index (χ2v) is 5.87. The van der Waals surface area contributed by atoms with E-state index in [2.05, 4.69) is 10.3 Å². The lowest BCUT2D eigenvalue weighted by molar-refractivity contribution is 0.0514. The van der Waals surface area contributed by atoms with Crippen molar-refractivity contribution in [3.63, 3.8) is 0 Å². The van der Waals surface area contributed by atoms with Crippen LogP contribution in [0.5, 0.6) is 5.75 Å². The number of carbonyl (C=O) groups is 2. The van der Waals surface area contributed by atoms with Crippen LogP contribution in [0.4, 0.5) is 4.79 Å². The largest absolute Gasteiger partial charge is 0.490 e. The van der Waals surface area contributed by atoms with E-state index >= 15 is 0 Å². The molecule has 0 spiro atoms. The second-order valence-electron chi connectivity index (χ2n) is 5.51. The van der Waals surface area contributed by atoms with Crippen LogP contribution in [0, 0.1) is 0 Å². The molecule has 1 heterocycles. The van der Waals surface area contributed by atoms with Gasteiger partial charge >= 0.3 is 12.1 Å². The average Bonchev–Trinajstić information content (AvgIpc) is 2.43. The summed E-state index contributed by atoms with van der Waals surface area (Å²) in [5, 5.41) is 2.60. The highest BCUT2D eigenvalue weighted by molar-refractivity contribution is 6.32. The van der Waals surface area contributed by atoms with Crippen LogP contribution < -0.4 is 10.1 Å². The molecule has 0 aromatic carbocycles. The molecule has 128 valence electrons. The standard InChI is InChI=1S/C15H21ClN2O5/c1-5-21-13(19)11-8-10(9-18-12(11)16)22-7-6-17-14(20)23-15(2,3)4/h8-9H,5-7H2,1-4H3,(H,17,20). The van der Waals surface area contributed by atoms with Crippen molar-refractivity contribution in [2.45, 2.75) is 33.3 Å². The Balaban J connectivity index is 2.48. The van der Waals surface area contributed by atoms with Crippen molar-refractivity contribution in [3.8, 4) is 5.75 Å². The van der Waals surface area contributed by atoms with Crippen LogP contribution in [0.15, 0.2) is 12.3 Å². The third-order valence-corrected chi connectivity index (χ3v) is 2.65. The zero-order valence-corrected chi connectivity index (χ0v) is 14.4. The molecule has 0 saturated carbocycles. The van der Waals surface area contributed by atoms with Gasteiger partial charge in [-0.25, -0.2) is 14.6 Å². The van der Waals surface area contributed by atoms with E-state index in [0.29, 0.717) is 5.75 Å². The first-order valence-corrected chi connectivity index (χ1v) is 7.53. The molecule has 23 heavy (non-hydrogen) atoms. The topological polar surface area (TPSA) is 86.8 Å². The Morgan fingerprint density at radius 1 is 1.35 bits per heavy atom. The SMILES string of the molecule is CCOC(=O)c1cc(OCCNC(=O)OC(C)(C)C)cnc1Cl. The molecule has 1 aromatic heterocycles. The van der Waals surface area contributed by atoms with Gasteiger partial charge in [-0.3, -0.25) is 0 Å². The summed E-state index contributed by atoms with van der Waals surface area (Å²) in [5.74, 6) is -0.217. The Morgan fingerprint density at radius 3 is 2.65 bits per heavy atom. The average molecular weight is 345 g/mol. The molecule has 0 saturated heterocycles. The van der Waals surface area contributed by atoms with E-state index in [4.69, 9.17) is 25.8 Å². The maximum atomic E-state index is 11.7. The second kappa shape index (κ2) is 8.57. The predicted octanol–water partition coefficient (Wildman–Crippen LogP) is 2.82. The van der Waals surface area contributed by atoms with Gasteiger partial charge in [0.2, 0.25) is 0 Å². The summed E-state index contributed by atoms with van der Waals surface area (Å²) in [6.45, 7) is 7.69. The molecule has 0 radical (unpaired) electrons. The lowest BCUT2D eigenvalue weighted by atomic mass is 10.2. The summed E-state index contributed by atoms with van der Waals surface area (Å²) >= 11 is 5.85. The summed E-state index contributed by atoms with van der Waals surface area (Å²) in [7, 11) is 0. The number of esters is 1. The minimum Gasteiger partial charge on any atom is -0.490 e. The van der Waals surface area contributed by atoms with E-state index in [9.17, 15) is 9.59 Å². The van der Waals surface area contributed by atoms with Crippen LogP contribution in [-0.2, 0) is 9.47 Å². The first-order chi connectivity index (χ1) is 10.7. The van der Waals surface area contributed by atoms with Gasteiger partial charge in [-0.15, -0.1) is 0 Å². The molecule has 0 atom stereocenters. The molecular formula is C15H21ClN2O5. The third-order valence-electron chi connectivity index (χ3n) is 2.35. The minimum atomic E-state index is -0.567. The fourth-order valence-electron chi connectivity index (χ4n) is 1.50. The van der Waals surface area contributed by atoms with Crippen molar-refractivity contribution < 1.29 is 23.8 Å². The van der Waals surface area contributed by atoms with Crippen LogP contribution in [0.1, 0.15) is 38.1 Å². The van der Waals surface area contributed by atoms with Crippen molar-refractivity contribution in [2.24, 2.45) is 0 Å². The number of nitrogens with one attached hydrogen (secondary N) is 1. The zero-order valence-electron chi connectivity index (χ0n) is 13.6. The van der Waals surface area contributed by atoms with Crippen molar-refractivity contribution in [2.75, 3.05) is 19.8 Å². The summed E-state index contributed by atoms with van der Waals surface area (Å²) in [6, 6.07) is 1.45. The van der Waals surface area contributed by atoms with Crippen molar-refractivity contribution in [3.05, 3.63) is 23.0 Å². The molecule has 1 amide bonds. The smallest absolute Gasteiger partial charge is 0.407 e. The highest BCUT2D eigenvalue weighted by atomic mass is 35.5. The number of pyridine rings is 1. The lowest BCUT2D eigenvalue weighted by Crippen LogP contribution is -2.34. The van der Waals surface area contributed by atoms with Gasteiger partial charge in [0.25, 0.3) is 0 Å². The van der Waals surface area contributed by atoms with Crippen LogP contribution in [0.3, 0.4) is 0 Å². The maximum Gasteiger partial charge on any atom is 0.407 e. The van der Waals surface area contributed by atoms with E-state index in [0.717, 1.165) is 0 Å². The number of nitrogens with zero attached hydrogens (tertiary/aromatic N) is 1. The molecule has 0 aliphatic heterocycles. The van der Waals surface area contributed by atoms with E-state index in [-0.39, 0.29) is 30.5 Å². The normalized spacial score (nSPS) is 10.8. The Bertz CT molecular complexity index is 557. The number of rotatable bonds is 6. The number of carbonyl (C=O) groups excluding carboxylic acids is 2. The number of alkyl carbamates (subject to hydrolysis) is 1. The number of ether oxygens (including phenoxy) is 3. The summed E-state index contributed by atoms with van der Waals surface area (Å²) in [4.78, 5) is 27.0. The van der Waals surface area contributed by atoms with Crippen LogP contribution >= 0.6 is 11.6 Å². The van der Waals surface area contributed by atoms with E-state index in [1.54, 1.807) is 27.7 Å². The molecule has 1 N–H and O–H groups in total. The molecular weight excluding hydrogens is 324 g/mol. The van der Waals surface area contributed by atoms with Gasteiger partial charge in [-0.1, -0.05) is 11.6 Å². The Labute approximate surface area is 140 Å². The Hall–Kier alpha value is -2.02. The van der Waals surface area contributed by atoms with Gasteiger partial charge in [0.05, 0.1) is 19.3 Å². The van der Waals surface area contributed by atoms with Gasteiger partial charge in [0.1, 0.15) is 28.7 Å². The first kappa shape index (κ1) is 19.0. The number of aromatic nitrogens is 1. The quantitative estimate of drug-likeness (QED) is 0.485. The minimum absolute atomic E-state index is 0.0441. The molecule has 0 aliphatic rings. The number of amides is 1. The number of halogens is 1. The van der Waals surface area contributed by atoms with Gasteiger partial charge < -0.3 is 19.5 Å². The molecule has 0 fully saturated rings. The number of hydrogen-bond acceptors (Lipinski definition) is 6. The van der Waals surface area contributed by atoms with Crippen LogP contribution in [0.25, 0.3) is 0 Å². The Morgan fingerprint density at radius 2 is 2.04 bits per heavy atom. The maximum absolute atomic E-state index is 11.7. The fraction of sp³-hybridized carbons (Fsp3) is 0.533. The van der Waals surface area contributed by atoms with E-state index < -0.39 is 17.7 Å². The van der Waals surface area contributed by atoms with E-state index in [1.807, 2.05) is 0 Å². The fourth-order valence-corrected chi connectivity index (χ4v) is 1.68. The Kier molecular flexibility index (Phi) is 7.09. The molecule has 1 rings (SSSR count). The van der Waals surface area contributed by atoms with Crippen molar-refractivity contribution >= 4 is 23.7 Å². The highest BCUT2D eigenvalue weighted by Gasteiger charge is 2.16. The summed E-state index contributed by atoms with van der Waals surface area (Å²) in [6.07, 6.45) is 0.862. The molecule has 1 aromatic rings. The molecule has 0 unspecified atom stereocenters.